The highest BCUT2D eigenvalue weighted by Gasteiger charge is 2.23. The number of benzene rings is 1. The van der Waals surface area contributed by atoms with Crippen molar-refractivity contribution in [2.45, 2.75) is 33.7 Å². The van der Waals surface area contributed by atoms with Gasteiger partial charge in [0.1, 0.15) is 6.04 Å². The lowest BCUT2D eigenvalue weighted by Gasteiger charge is -2.13. The van der Waals surface area contributed by atoms with Gasteiger partial charge in [0.2, 0.25) is 0 Å². The van der Waals surface area contributed by atoms with Crippen LogP contribution < -0.4 is 5.32 Å². The van der Waals surface area contributed by atoms with E-state index in [2.05, 4.69) is 15.4 Å². The highest BCUT2D eigenvalue weighted by molar-refractivity contribution is 6.32. The third-order valence-electron chi connectivity index (χ3n) is 4.25. The minimum absolute atomic E-state index is 0.251. The van der Waals surface area contributed by atoms with Crippen LogP contribution in [0, 0.1) is 13.8 Å². The smallest absolute Gasteiger partial charge is 0.328 e. The zero-order valence-electron chi connectivity index (χ0n) is 16.1. The Bertz CT molecular complexity index is 1060. The van der Waals surface area contributed by atoms with Gasteiger partial charge in [-0.05, 0) is 45.9 Å². The molecule has 0 radical (unpaired) electrons. The van der Waals surface area contributed by atoms with Crippen molar-refractivity contribution in [2.75, 3.05) is 6.61 Å². The van der Waals surface area contributed by atoms with Crippen molar-refractivity contribution in [1.29, 1.82) is 0 Å². The highest BCUT2D eigenvalue weighted by Crippen LogP contribution is 2.28. The Balaban J connectivity index is 2.09. The lowest BCUT2D eigenvalue weighted by Crippen LogP contribution is -2.39. The fourth-order valence-corrected chi connectivity index (χ4v) is 3.20. The van der Waals surface area contributed by atoms with Crippen LogP contribution in [0.1, 0.15) is 35.6 Å². The molecule has 0 bridgehead atoms. The van der Waals surface area contributed by atoms with Crippen LogP contribution in [-0.4, -0.2) is 39.3 Å². The molecule has 146 valence electrons. The molecule has 0 saturated carbocycles. The van der Waals surface area contributed by atoms with Gasteiger partial charge in [-0.1, -0.05) is 23.7 Å². The van der Waals surface area contributed by atoms with Gasteiger partial charge in [0.05, 0.1) is 34.0 Å². The summed E-state index contributed by atoms with van der Waals surface area (Å²) < 4.78 is 6.58. The number of esters is 1. The summed E-state index contributed by atoms with van der Waals surface area (Å²) in [5, 5.41) is 8.37. The number of pyridine rings is 1. The number of para-hydroxylation sites is 1. The Morgan fingerprint density at radius 1 is 1.29 bits per heavy atom. The molecule has 1 N–H and O–H groups in total. The maximum Gasteiger partial charge on any atom is 0.328 e. The van der Waals surface area contributed by atoms with E-state index in [-0.39, 0.29) is 6.61 Å². The lowest BCUT2D eigenvalue weighted by molar-refractivity contribution is -0.144. The Morgan fingerprint density at radius 2 is 2.00 bits per heavy atom. The van der Waals surface area contributed by atoms with E-state index in [1.165, 1.54) is 0 Å². The molecule has 0 spiro atoms. The van der Waals surface area contributed by atoms with Gasteiger partial charge in [0.15, 0.2) is 5.65 Å². The van der Waals surface area contributed by atoms with Crippen LogP contribution in [0.25, 0.3) is 16.7 Å². The number of aryl methyl sites for hydroxylation is 2. The van der Waals surface area contributed by atoms with Crippen LogP contribution in [0.3, 0.4) is 0 Å². The first kappa shape index (κ1) is 19.8. The van der Waals surface area contributed by atoms with E-state index in [1.807, 2.05) is 18.2 Å². The first-order valence-electron chi connectivity index (χ1n) is 8.92. The first-order chi connectivity index (χ1) is 13.3. The summed E-state index contributed by atoms with van der Waals surface area (Å²) in [6.07, 6.45) is 0. The number of carbonyl (C=O) groups excluding carboxylic acids is 2. The molecule has 3 rings (SSSR count). The summed E-state index contributed by atoms with van der Waals surface area (Å²) in [6, 6.07) is 8.20. The van der Waals surface area contributed by atoms with Crippen molar-refractivity contribution < 1.29 is 14.3 Å². The number of carbonyl (C=O) groups is 2. The van der Waals surface area contributed by atoms with Gasteiger partial charge < -0.3 is 10.1 Å². The SMILES string of the molecule is CCOC(=O)[C@@H](C)NC(=O)c1cc(C)nc2c1c(C)nn2-c1ccccc1Cl. The average Bonchev–Trinajstić information content (AvgIpc) is 2.97. The number of rotatable bonds is 5. The number of hydrogen-bond donors (Lipinski definition) is 1. The van der Waals surface area contributed by atoms with Gasteiger partial charge in [-0.15, -0.1) is 0 Å². The predicted octanol–water partition coefficient (Wildman–Crippen LogP) is 3.37. The van der Waals surface area contributed by atoms with Crippen molar-refractivity contribution in [2.24, 2.45) is 0 Å². The first-order valence-corrected chi connectivity index (χ1v) is 9.30. The third kappa shape index (κ3) is 3.71. The van der Waals surface area contributed by atoms with E-state index < -0.39 is 17.9 Å². The molecule has 7 nitrogen and oxygen atoms in total. The Hall–Kier alpha value is -2.93. The highest BCUT2D eigenvalue weighted by atomic mass is 35.5. The van der Waals surface area contributed by atoms with Gasteiger partial charge in [-0.25, -0.2) is 14.5 Å². The molecule has 0 aliphatic rings. The molecule has 0 aliphatic heterocycles. The van der Waals surface area contributed by atoms with E-state index in [0.717, 1.165) is 0 Å². The Kier molecular flexibility index (Phi) is 5.65. The van der Waals surface area contributed by atoms with Gasteiger partial charge in [0.25, 0.3) is 5.91 Å². The molecule has 1 atom stereocenters. The van der Waals surface area contributed by atoms with Gasteiger partial charge in [0, 0.05) is 5.69 Å². The summed E-state index contributed by atoms with van der Waals surface area (Å²) in [5.41, 5.74) is 2.88. The molecule has 2 aromatic heterocycles. The monoisotopic (exact) mass is 400 g/mol. The zero-order chi connectivity index (χ0) is 20.4. The van der Waals surface area contributed by atoms with Gasteiger partial charge >= 0.3 is 5.97 Å². The Morgan fingerprint density at radius 3 is 2.68 bits per heavy atom. The molecule has 0 unspecified atom stereocenters. The normalized spacial score (nSPS) is 12.0. The number of nitrogens with one attached hydrogen (secondary N) is 1. The van der Waals surface area contributed by atoms with Crippen LogP contribution >= 0.6 is 11.6 Å². The maximum absolute atomic E-state index is 12.9. The molecule has 8 heteroatoms. The summed E-state index contributed by atoms with van der Waals surface area (Å²) >= 11 is 6.32. The molecule has 1 aromatic carbocycles. The van der Waals surface area contributed by atoms with E-state index in [1.54, 1.807) is 44.5 Å². The van der Waals surface area contributed by atoms with Crippen LogP contribution in [0.15, 0.2) is 30.3 Å². The molecular weight excluding hydrogens is 380 g/mol. The fourth-order valence-electron chi connectivity index (χ4n) is 2.99. The standard InChI is InChI=1S/C20H21ClN4O3/c1-5-28-20(27)13(4)23-19(26)14-10-11(2)22-18-17(14)12(3)24-25(18)16-9-7-6-8-15(16)21/h6-10,13H,5H2,1-4H3,(H,23,26)/t13-/m1/s1. The minimum Gasteiger partial charge on any atom is -0.464 e. The largest absolute Gasteiger partial charge is 0.464 e. The quantitative estimate of drug-likeness (QED) is 0.663. The number of aromatic nitrogens is 3. The average molecular weight is 401 g/mol. The van der Waals surface area contributed by atoms with Crippen molar-refractivity contribution in [3.05, 3.63) is 52.3 Å². The maximum atomic E-state index is 12.9. The number of ether oxygens (including phenoxy) is 1. The number of halogens is 1. The number of hydrogen-bond acceptors (Lipinski definition) is 5. The van der Waals surface area contributed by atoms with Crippen LogP contribution in [-0.2, 0) is 9.53 Å². The van der Waals surface area contributed by atoms with Crippen molar-refractivity contribution in [3.63, 3.8) is 0 Å². The second kappa shape index (κ2) is 7.98. The summed E-state index contributed by atoms with van der Waals surface area (Å²) in [4.78, 5) is 29.3. The van der Waals surface area contributed by atoms with Crippen LogP contribution in [0.5, 0.6) is 0 Å². The Labute approximate surface area is 167 Å². The topological polar surface area (TPSA) is 86.1 Å². The minimum atomic E-state index is -0.769. The van der Waals surface area contributed by atoms with E-state index in [0.29, 0.717) is 38.7 Å². The number of amides is 1. The molecular formula is C20H21ClN4O3. The van der Waals surface area contributed by atoms with Crippen LogP contribution in [0.2, 0.25) is 5.02 Å². The van der Waals surface area contributed by atoms with E-state index >= 15 is 0 Å². The number of nitrogens with zero attached hydrogens (tertiary/aromatic N) is 3. The molecule has 3 aromatic rings. The second-order valence-electron chi connectivity index (χ2n) is 6.41. The summed E-state index contributed by atoms with van der Waals surface area (Å²) in [5.74, 6) is -0.876. The van der Waals surface area contributed by atoms with Crippen molar-refractivity contribution in [3.8, 4) is 5.69 Å². The van der Waals surface area contributed by atoms with E-state index in [4.69, 9.17) is 16.3 Å². The molecule has 0 fully saturated rings. The molecule has 0 saturated heterocycles. The molecule has 2 heterocycles. The predicted molar refractivity (Wildman–Crippen MR) is 107 cm³/mol. The number of fused-ring (bicyclic) bond motifs is 1. The van der Waals surface area contributed by atoms with Gasteiger partial charge in [-0.2, -0.15) is 5.10 Å². The second-order valence-corrected chi connectivity index (χ2v) is 6.81. The van der Waals surface area contributed by atoms with Crippen molar-refractivity contribution >= 4 is 34.5 Å². The third-order valence-corrected chi connectivity index (χ3v) is 4.57. The summed E-state index contributed by atoms with van der Waals surface area (Å²) in [6.45, 7) is 7.15. The molecule has 0 aliphatic carbocycles. The molecule has 28 heavy (non-hydrogen) atoms. The van der Waals surface area contributed by atoms with Gasteiger partial charge in [-0.3, -0.25) is 4.79 Å². The molecule has 1 amide bonds. The lowest BCUT2D eigenvalue weighted by atomic mass is 10.1. The fraction of sp³-hybridized carbons (Fsp3) is 0.300. The van der Waals surface area contributed by atoms with Crippen LogP contribution in [0.4, 0.5) is 0 Å². The van der Waals surface area contributed by atoms with Crippen molar-refractivity contribution in [1.82, 2.24) is 20.1 Å². The van der Waals surface area contributed by atoms with E-state index in [9.17, 15) is 9.59 Å². The summed E-state index contributed by atoms with van der Waals surface area (Å²) in [7, 11) is 0. The zero-order valence-corrected chi connectivity index (χ0v) is 16.9.